The maximum absolute atomic E-state index is 5.92. The summed E-state index contributed by atoms with van der Waals surface area (Å²) < 4.78 is 5.92. The van der Waals surface area contributed by atoms with E-state index in [2.05, 4.69) is 52.4 Å². The van der Waals surface area contributed by atoms with Gasteiger partial charge in [0.25, 0.3) is 0 Å². The second-order valence-corrected chi connectivity index (χ2v) is 8.08. The molecule has 0 aliphatic carbocycles. The van der Waals surface area contributed by atoms with Crippen molar-refractivity contribution in [2.24, 2.45) is 4.99 Å². The van der Waals surface area contributed by atoms with Crippen LogP contribution in [0.15, 0.2) is 47.7 Å². The van der Waals surface area contributed by atoms with E-state index in [4.69, 9.17) is 4.74 Å². The van der Waals surface area contributed by atoms with Crippen molar-refractivity contribution in [1.82, 2.24) is 20.6 Å². The van der Waals surface area contributed by atoms with E-state index < -0.39 is 0 Å². The summed E-state index contributed by atoms with van der Waals surface area (Å²) in [6, 6.07) is 9.91. The van der Waals surface area contributed by atoms with E-state index >= 15 is 0 Å². The number of ether oxygens (including phenoxy) is 1. The van der Waals surface area contributed by atoms with E-state index in [0.717, 1.165) is 28.8 Å². The molecular formula is C22H27N5OS. The van der Waals surface area contributed by atoms with Crippen LogP contribution in [0.3, 0.4) is 0 Å². The zero-order chi connectivity index (χ0) is 20.6. The highest BCUT2D eigenvalue weighted by atomic mass is 32.1. The monoisotopic (exact) mass is 409 g/mol. The molecule has 0 unspecified atom stereocenters. The van der Waals surface area contributed by atoms with Crippen LogP contribution in [0.2, 0.25) is 0 Å². The van der Waals surface area contributed by atoms with Crippen molar-refractivity contribution in [3.63, 3.8) is 0 Å². The molecule has 0 amide bonds. The average molecular weight is 410 g/mol. The number of aliphatic imine (C=N–C) groups is 1. The molecule has 0 aliphatic heterocycles. The predicted molar refractivity (Wildman–Crippen MR) is 119 cm³/mol. The fourth-order valence-corrected chi connectivity index (χ4v) is 3.38. The van der Waals surface area contributed by atoms with Crippen molar-refractivity contribution in [1.29, 1.82) is 0 Å². The third kappa shape index (κ3) is 6.29. The summed E-state index contributed by atoms with van der Waals surface area (Å²) >= 11 is 1.69. The third-order valence-electron chi connectivity index (χ3n) is 4.34. The number of rotatable bonds is 7. The molecule has 6 nitrogen and oxygen atoms in total. The van der Waals surface area contributed by atoms with Crippen LogP contribution in [0.5, 0.6) is 11.6 Å². The van der Waals surface area contributed by atoms with Crippen LogP contribution in [-0.2, 0) is 13.1 Å². The number of thiazole rings is 1. The van der Waals surface area contributed by atoms with Gasteiger partial charge in [0.05, 0.1) is 13.1 Å². The summed E-state index contributed by atoms with van der Waals surface area (Å²) in [5.74, 6) is 2.11. The van der Waals surface area contributed by atoms with Crippen molar-refractivity contribution < 1.29 is 4.74 Å². The van der Waals surface area contributed by atoms with E-state index in [-0.39, 0.29) is 0 Å². The van der Waals surface area contributed by atoms with Gasteiger partial charge in [0.1, 0.15) is 10.8 Å². The van der Waals surface area contributed by atoms with E-state index in [1.165, 1.54) is 16.0 Å². The Hall–Kier alpha value is -2.93. The lowest BCUT2D eigenvalue weighted by Gasteiger charge is -2.11. The van der Waals surface area contributed by atoms with Crippen molar-refractivity contribution >= 4 is 17.3 Å². The van der Waals surface area contributed by atoms with Gasteiger partial charge in [-0.15, -0.1) is 11.3 Å². The number of pyridine rings is 1. The first-order valence-electron chi connectivity index (χ1n) is 9.67. The van der Waals surface area contributed by atoms with Gasteiger partial charge in [0.15, 0.2) is 5.96 Å². The standard InChI is InChI=1S/C22H27N5OS/c1-5-23-22(27-14-21-25-12-17(4)29-21)26-13-18-8-9-24-20(11-18)28-19-7-6-15(2)16(3)10-19/h6-12H,5,13-14H2,1-4H3,(H2,23,26,27). The Morgan fingerprint density at radius 3 is 2.66 bits per heavy atom. The zero-order valence-electron chi connectivity index (χ0n) is 17.3. The smallest absolute Gasteiger partial charge is 0.219 e. The van der Waals surface area contributed by atoms with Gasteiger partial charge in [-0.2, -0.15) is 0 Å². The number of aryl methyl sites for hydroxylation is 3. The molecule has 152 valence electrons. The third-order valence-corrected chi connectivity index (χ3v) is 5.25. The Morgan fingerprint density at radius 2 is 1.93 bits per heavy atom. The van der Waals surface area contributed by atoms with E-state index in [0.29, 0.717) is 19.0 Å². The Morgan fingerprint density at radius 1 is 1.07 bits per heavy atom. The van der Waals surface area contributed by atoms with E-state index in [1.54, 1.807) is 17.5 Å². The Labute approximate surface area is 176 Å². The second kappa shape index (κ2) is 10.0. The number of nitrogens with one attached hydrogen (secondary N) is 2. The molecule has 0 atom stereocenters. The summed E-state index contributed by atoms with van der Waals surface area (Å²) in [6.07, 6.45) is 3.64. The molecule has 7 heteroatoms. The molecular weight excluding hydrogens is 382 g/mol. The Bertz CT molecular complexity index is 983. The molecule has 3 rings (SSSR count). The molecule has 0 fully saturated rings. The number of aromatic nitrogens is 2. The van der Waals surface area contributed by atoms with Crippen molar-refractivity contribution in [3.05, 3.63) is 69.3 Å². The highest BCUT2D eigenvalue weighted by molar-refractivity contribution is 7.11. The van der Waals surface area contributed by atoms with Gasteiger partial charge < -0.3 is 15.4 Å². The van der Waals surface area contributed by atoms with Crippen molar-refractivity contribution in [2.75, 3.05) is 6.54 Å². The largest absolute Gasteiger partial charge is 0.439 e. The maximum Gasteiger partial charge on any atom is 0.219 e. The summed E-state index contributed by atoms with van der Waals surface area (Å²) in [4.78, 5) is 14.6. The molecule has 0 spiro atoms. The fraction of sp³-hybridized carbons (Fsp3) is 0.318. The van der Waals surface area contributed by atoms with E-state index in [9.17, 15) is 0 Å². The van der Waals surface area contributed by atoms with Crippen LogP contribution in [0, 0.1) is 20.8 Å². The average Bonchev–Trinajstić information content (AvgIpc) is 3.12. The van der Waals surface area contributed by atoms with Crippen LogP contribution in [0.4, 0.5) is 0 Å². The lowest BCUT2D eigenvalue weighted by atomic mass is 10.1. The van der Waals surface area contributed by atoms with Gasteiger partial charge in [-0.1, -0.05) is 6.07 Å². The minimum absolute atomic E-state index is 0.526. The number of hydrogen-bond donors (Lipinski definition) is 2. The molecule has 0 saturated heterocycles. The van der Waals surface area contributed by atoms with Gasteiger partial charge in [-0.3, -0.25) is 0 Å². The lowest BCUT2D eigenvalue weighted by molar-refractivity contribution is 0.461. The summed E-state index contributed by atoms with van der Waals surface area (Å²) in [6.45, 7) is 10.2. The minimum Gasteiger partial charge on any atom is -0.439 e. The number of benzene rings is 1. The number of guanidine groups is 1. The van der Waals surface area contributed by atoms with Gasteiger partial charge in [0.2, 0.25) is 5.88 Å². The molecule has 29 heavy (non-hydrogen) atoms. The van der Waals surface area contributed by atoms with Crippen molar-refractivity contribution in [2.45, 2.75) is 40.8 Å². The van der Waals surface area contributed by atoms with Crippen molar-refractivity contribution in [3.8, 4) is 11.6 Å². The van der Waals surface area contributed by atoms with Gasteiger partial charge in [-0.05, 0) is 62.6 Å². The second-order valence-electron chi connectivity index (χ2n) is 6.76. The SMILES string of the molecule is CCNC(=NCc1ccnc(Oc2ccc(C)c(C)c2)c1)NCc1ncc(C)s1. The lowest BCUT2D eigenvalue weighted by Crippen LogP contribution is -2.36. The minimum atomic E-state index is 0.526. The van der Waals surface area contributed by atoms with Crippen LogP contribution in [0.25, 0.3) is 0 Å². The molecule has 2 heterocycles. The Balaban J connectivity index is 1.64. The first-order chi connectivity index (χ1) is 14.0. The highest BCUT2D eigenvalue weighted by Crippen LogP contribution is 2.22. The van der Waals surface area contributed by atoms with Crippen LogP contribution in [-0.4, -0.2) is 22.5 Å². The van der Waals surface area contributed by atoms with E-state index in [1.807, 2.05) is 37.4 Å². The normalized spacial score (nSPS) is 11.4. The first-order valence-corrected chi connectivity index (χ1v) is 10.5. The molecule has 0 bridgehead atoms. The molecule has 0 aliphatic rings. The maximum atomic E-state index is 5.92. The number of hydrogen-bond acceptors (Lipinski definition) is 5. The first kappa shape index (κ1) is 20.8. The predicted octanol–water partition coefficient (Wildman–Crippen LogP) is 4.51. The zero-order valence-corrected chi connectivity index (χ0v) is 18.1. The Kier molecular flexibility index (Phi) is 7.19. The summed E-state index contributed by atoms with van der Waals surface area (Å²) in [7, 11) is 0. The molecule has 0 radical (unpaired) electrons. The topological polar surface area (TPSA) is 71.4 Å². The molecule has 1 aromatic carbocycles. The quantitative estimate of drug-likeness (QED) is 0.444. The van der Waals surface area contributed by atoms with Gasteiger partial charge >= 0.3 is 0 Å². The van der Waals surface area contributed by atoms with Gasteiger partial charge in [-0.25, -0.2) is 15.0 Å². The fourth-order valence-electron chi connectivity index (χ4n) is 2.66. The molecule has 2 aromatic heterocycles. The summed E-state index contributed by atoms with van der Waals surface area (Å²) in [5.41, 5.74) is 3.46. The van der Waals surface area contributed by atoms with Crippen LogP contribution < -0.4 is 15.4 Å². The molecule has 3 aromatic rings. The van der Waals surface area contributed by atoms with Gasteiger partial charge in [0, 0.05) is 29.9 Å². The molecule has 2 N–H and O–H groups in total. The molecule has 0 saturated carbocycles. The summed E-state index contributed by atoms with van der Waals surface area (Å²) in [5, 5.41) is 7.63. The van der Waals surface area contributed by atoms with Crippen LogP contribution >= 0.6 is 11.3 Å². The highest BCUT2D eigenvalue weighted by Gasteiger charge is 2.04. The van der Waals surface area contributed by atoms with Crippen LogP contribution in [0.1, 0.15) is 33.5 Å². The number of nitrogens with zero attached hydrogens (tertiary/aromatic N) is 3.